The topological polar surface area (TPSA) is 47.0 Å². The summed E-state index contributed by atoms with van der Waals surface area (Å²) in [4.78, 5) is 7.69. The first-order valence-electron chi connectivity index (χ1n) is 6.21. The Labute approximate surface area is 115 Å². The van der Waals surface area contributed by atoms with Crippen molar-refractivity contribution >= 4 is 5.82 Å². The van der Waals surface area contributed by atoms with Crippen molar-refractivity contribution in [2.24, 2.45) is 0 Å². The van der Waals surface area contributed by atoms with E-state index in [2.05, 4.69) is 15.3 Å². The van der Waals surface area contributed by atoms with Gasteiger partial charge in [-0.3, -0.25) is 0 Å². The van der Waals surface area contributed by atoms with Gasteiger partial charge in [0, 0.05) is 6.54 Å². The number of ether oxygens (including phenoxy) is 1. The number of aromatic nitrogens is 2. The van der Waals surface area contributed by atoms with Crippen LogP contribution in [0.4, 0.5) is 14.6 Å². The summed E-state index contributed by atoms with van der Waals surface area (Å²) in [6.45, 7) is 2.08. The minimum Gasteiger partial charge on any atom is -0.494 e. The number of rotatable bonds is 5. The van der Waals surface area contributed by atoms with E-state index in [1.165, 1.54) is 25.6 Å². The van der Waals surface area contributed by atoms with E-state index in [0.717, 1.165) is 0 Å². The number of nitrogens with zero attached hydrogens (tertiary/aromatic N) is 2. The van der Waals surface area contributed by atoms with Gasteiger partial charge < -0.3 is 10.1 Å². The van der Waals surface area contributed by atoms with E-state index in [1.807, 2.05) is 6.92 Å². The van der Waals surface area contributed by atoms with E-state index in [-0.39, 0.29) is 18.1 Å². The van der Waals surface area contributed by atoms with Crippen LogP contribution in [0.1, 0.15) is 18.2 Å². The SMILES string of the molecule is CCc1ncnc(NCc2ccc(OC)c(F)c2)c1F. The zero-order chi connectivity index (χ0) is 14.5. The maximum absolute atomic E-state index is 13.9. The van der Waals surface area contributed by atoms with Crippen molar-refractivity contribution in [1.29, 1.82) is 0 Å². The van der Waals surface area contributed by atoms with Gasteiger partial charge in [-0.1, -0.05) is 13.0 Å². The fraction of sp³-hybridized carbons (Fsp3) is 0.286. The maximum Gasteiger partial charge on any atom is 0.186 e. The summed E-state index contributed by atoms with van der Waals surface area (Å²) in [7, 11) is 1.40. The largest absolute Gasteiger partial charge is 0.494 e. The third-order valence-electron chi connectivity index (χ3n) is 2.87. The number of benzene rings is 1. The van der Waals surface area contributed by atoms with Gasteiger partial charge in [-0.2, -0.15) is 0 Å². The molecule has 2 aromatic rings. The number of hydrogen-bond donors (Lipinski definition) is 1. The lowest BCUT2D eigenvalue weighted by Gasteiger charge is -2.09. The third kappa shape index (κ3) is 3.01. The lowest BCUT2D eigenvalue weighted by molar-refractivity contribution is 0.386. The van der Waals surface area contributed by atoms with E-state index in [0.29, 0.717) is 17.7 Å². The van der Waals surface area contributed by atoms with Crippen LogP contribution in [0.15, 0.2) is 24.5 Å². The zero-order valence-electron chi connectivity index (χ0n) is 11.3. The van der Waals surface area contributed by atoms with Gasteiger partial charge in [0.25, 0.3) is 0 Å². The van der Waals surface area contributed by atoms with Gasteiger partial charge in [0.1, 0.15) is 6.33 Å². The smallest absolute Gasteiger partial charge is 0.186 e. The van der Waals surface area contributed by atoms with Crippen LogP contribution in [0.5, 0.6) is 5.75 Å². The van der Waals surface area contributed by atoms with Crippen molar-refractivity contribution in [2.45, 2.75) is 19.9 Å². The molecule has 6 heteroatoms. The number of aryl methyl sites for hydroxylation is 1. The van der Waals surface area contributed by atoms with Crippen LogP contribution in [0.2, 0.25) is 0 Å². The number of halogens is 2. The molecule has 0 aliphatic carbocycles. The Kier molecular flexibility index (Phi) is 4.45. The van der Waals surface area contributed by atoms with Gasteiger partial charge in [-0.05, 0) is 24.1 Å². The molecule has 1 aromatic carbocycles. The molecule has 0 unspecified atom stereocenters. The van der Waals surface area contributed by atoms with Gasteiger partial charge in [-0.25, -0.2) is 18.7 Å². The van der Waals surface area contributed by atoms with Crippen molar-refractivity contribution in [3.05, 3.63) is 47.4 Å². The van der Waals surface area contributed by atoms with Crippen molar-refractivity contribution < 1.29 is 13.5 Å². The Balaban J connectivity index is 2.11. The van der Waals surface area contributed by atoms with E-state index >= 15 is 0 Å². The monoisotopic (exact) mass is 279 g/mol. The molecule has 1 N–H and O–H groups in total. The molecule has 0 saturated carbocycles. The normalized spacial score (nSPS) is 10.4. The molecule has 0 spiro atoms. The van der Waals surface area contributed by atoms with Crippen LogP contribution < -0.4 is 10.1 Å². The molecule has 2 rings (SSSR count). The highest BCUT2D eigenvalue weighted by Crippen LogP contribution is 2.19. The predicted octanol–water partition coefficient (Wildman–Crippen LogP) is 2.94. The number of hydrogen-bond acceptors (Lipinski definition) is 4. The van der Waals surface area contributed by atoms with Gasteiger partial charge in [0.15, 0.2) is 23.2 Å². The molecule has 4 nitrogen and oxygen atoms in total. The first-order valence-corrected chi connectivity index (χ1v) is 6.21. The third-order valence-corrected chi connectivity index (χ3v) is 2.87. The number of anilines is 1. The minimum absolute atomic E-state index is 0.119. The highest BCUT2D eigenvalue weighted by molar-refractivity contribution is 5.39. The van der Waals surface area contributed by atoms with Crippen molar-refractivity contribution in [3.8, 4) is 5.75 Å². The van der Waals surface area contributed by atoms with Crippen LogP contribution in [0.25, 0.3) is 0 Å². The Hall–Kier alpha value is -2.24. The molecule has 0 saturated heterocycles. The summed E-state index contributed by atoms with van der Waals surface area (Å²) in [5.74, 6) is -0.628. The summed E-state index contributed by atoms with van der Waals surface area (Å²) in [6, 6.07) is 4.57. The Morgan fingerprint density at radius 3 is 2.70 bits per heavy atom. The van der Waals surface area contributed by atoms with Gasteiger partial charge in [-0.15, -0.1) is 0 Å². The van der Waals surface area contributed by atoms with E-state index in [9.17, 15) is 8.78 Å². The van der Waals surface area contributed by atoms with E-state index < -0.39 is 11.6 Å². The lowest BCUT2D eigenvalue weighted by Crippen LogP contribution is -2.07. The van der Waals surface area contributed by atoms with Gasteiger partial charge >= 0.3 is 0 Å². The minimum atomic E-state index is -0.469. The second kappa shape index (κ2) is 6.27. The molecule has 1 heterocycles. The van der Waals surface area contributed by atoms with E-state index in [4.69, 9.17) is 4.74 Å². The van der Waals surface area contributed by atoms with E-state index in [1.54, 1.807) is 6.07 Å². The molecule has 0 atom stereocenters. The average Bonchev–Trinajstić information content (AvgIpc) is 2.46. The molecule has 106 valence electrons. The Morgan fingerprint density at radius 2 is 2.05 bits per heavy atom. The van der Waals surface area contributed by atoms with Crippen LogP contribution in [-0.2, 0) is 13.0 Å². The van der Waals surface area contributed by atoms with Crippen molar-refractivity contribution in [1.82, 2.24) is 9.97 Å². The molecule has 1 aromatic heterocycles. The molecular formula is C14H15F2N3O. The molecule has 0 aliphatic rings. The molecule has 0 fully saturated rings. The summed E-state index contributed by atoms with van der Waals surface area (Å²) >= 11 is 0. The molecule has 0 aliphatic heterocycles. The van der Waals surface area contributed by atoms with Crippen LogP contribution >= 0.6 is 0 Å². The maximum atomic E-state index is 13.9. The quantitative estimate of drug-likeness (QED) is 0.914. The number of methoxy groups -OCH3 is 1. The summed E-state index contributed by atoms with van der Waals surface area (Å²) in [5, 5.41) is 2.84. The second-order valence-electron chi connectivity index (χ2n) is 4.16. The predicted molar refractivity (Wildman–Crippen MR) is 71.6 cm³/mol. The van der Waals surface area contributed by atoms with Crippen LogP contribution in [0.3, 0.4) is 0 Å². The standard InChI is InChI=1S/C14H15F2N3O/c1-3-11-13(16)14(19-8-18-11)17-7-9-4-5-12(20-2)10(15)6-9/h4-6,8H,3,7H2,1-2H3,(H,17,18,19). The van der Waals surface area contributed by atoms with Gasteiger partial charge in [0.05, 0.1) is 12.8 Å². The summed E-state index contributed by atoms with van der Waals surface area (Å²) in [5.41, 5.74) is 1.02. The molecule has 0 radical (unpaired) electrons. The Morgan fingerprint density at radius 1 is 1.25 bits per heavy atom. The first kappa shape index (κ1) is 14.2. The highest BCUT2D eigenvalue weighted by Gasteiger charge is 2.09. The zero-order valence-corrected chi connectivity index (χ0v) is 11.3. The molecule has 0 bridgehead atoms. The van der Waals surface area contributed by atoms with Gasteiger partial charge in [0.2, 0.25) is 0 Å². The molecule has 20 heavy (non-hydrogen) atoms. The Bertz CT molecular complexity index is 605. The highest BCUT2D eigenvalue weighted by atomic mass is 19.1. The second-order valence-corrected chi connectivity index (χ2v) is 4.16. The van der Waals surface area contributed by atoms with Crippen LogP contribution in [0, 0.1) is 11.6 Å². The molecule has 0 amide bonds. The number of nitrogens with one attached hydrogen (secondary N) is 1. The average molecular weight is 279 g/mol. The summed E-state index contributed by atoms with van der Waals surface area (Å²) in [6.07, 6.45) is 1.79. The van der Waals surface area contributed by atoms with Crippen LogP contribution in [-0.4, -0.2) is 17.1 Å². The first-order chi connectivity index (χ1) is 9.65. The fourth-order valence-electron chi connectivity index (χ4n) is 1.78. The van der Waals surface area contributed by atoms with Crippen molar-refractivity contribution in [3.63, 3.8) is 0 Å². The lowest BCUT2D eigenvalue weighted by atomic mass is 10.2. The fourth-order valence-corrected chi connectivity index (χ4v) is 1.78. The molecular weight excluding hydrogens is 264 g/mol. The summed E-state index contributed by atoms with van der Waals surface area (Å²) < 4.78 is 32.2. The van der Waals surface area contributed by atoms with Crippen molar-refractivity contribution in [2.75, 3.05) is 12.4 Å².